The van der Waals surface area contributed by atoms with Crippen molar-refractivity contribution in [3.05, 3.63) is 36.5 Å². The highest BCUT2D eigenvalue weighted by Gasteiger charge is 2.27. The van der Waals surface area contributed by atoms with Gasteiger partial charge in [-0.1, -0.05) is 166 Å². The van der Waals surface area contributed by atoms with E-state index in [1.165, 1.54) is 140 Å². The highest BCUT2D eigenvalue weighted by Crippen LogP contribution is 2.15. The lowest BCUT2D eigenvalue weighted by Crippen LogP contribution is -2.49. The van der Waals surface area contributed by atoms with Crippen LogP contribution in [0.4, 0.5) is 0 Å². The molecule has 0 radical (unpaired) electrons. The number of carbonyl (C=O) groups excluding carboxylic acids is 1. The first kappa shape index (κ1) is 45.6. The number of amides is 1. The number of hydrogen-bond acceptors (Lipinski definition) is 4. The molecule has 0 saturated carbocycles. The standard InChI is InChI=1S/C42H79NO4/c1-3-5-7-9-11-13-15-17-18-19-20-21-22-24-26-28-30-32-34-36-42(47)43(37-38-44)40(39-45)41(46)35-33-31-29-27-25-23-16-14-12-10-8-6-4-2/h17-18,25,27,33,35,40-41,44-46H,3-16,19-24,26,28-32,34,36-39H2,1-2H3/b18-17-,27-25+,35-33+/t40?,41-/m1/s1. The molecule has 0 aromatic heterocycles. The molecule has 0 spiro atoms. The lowest BCUT2D eigenvalue weighted by Gasteiger charge is -2.32. The average Bonchev–Trinajstić information content (AvgIpc) is 3.07. The fourth-order valence-electron chi connectivity index (χ4n) is 6.18. The summed E-state index contributed by atoms with van der Waals surface area (Å²) in [6.45, 7) is 4.14. The van der Waals surface area contributed by atoms with Gasteiger partial charge in [0.2, 0.25) is 5.91 Å². The van der Waals surface area contributed by atoms with Gasteiger partial charge < -0.3 is 20.2 Å². The predicted octanol–water partition coefficient (Wildman–Crippen LogP) is 11.2. The van der Waals surface area contributed by atoms with E-state index in [-0.39, 0.29) is 25.7 Å². The largest absolute Gasteiger partial charge is 0.395 e. The second-order valence-electron chi connectivity index (χ2n) is 13.7. The Balaban J connectivity index is 3.99. The van der Waals surface area contributed by atoms with Gasteiger partial charge in [0.05, 0.1) is 25.4 Å². The fraction of sp³-hybridized carbons (Fsp3) is 0.833. The minimum atomic E-state index is -0.951. The fourth-order valence-corrected chi connectivity index (χ4v) is 6.18. The van der Waals surface area contributed by atoms with E-state index in [1.807, 2.05) is 6.08 Å². The molecular formula is C42H79NO4. The molecule has 0 aromatic carbocycles. The zero-order valence-corrected chi connectivity index (χ0v) is 31.2. The molecule has 0 bridgehead atoms. The van der Waals surface area contributed by atoms with Gasteiger partial charge in [-0.3, -0.25) is 4.79 Å². The van der Waals surface area contributed by atoms with Crippen LogP contribution in [0.3, 0.4) is 0 Å². The molecule has 0 fully saturated rings. The lowest BCUT2D eigenvalue weighted by atomic mass is 10.0. The second-order valence-corrected chi connectivity index (χ2v) is 13.7. The van der Waals surface area contributed by atoms with Crippen LogP contribution in [-0.2, 0) is 4.79 Å². The molecule has 0 aliphatic heterocycles. The van der Waals surface area contributed by atoms with Crippen molar-refractivity contribution >= 4 is 5.91 Å². The van der Waals surface area contributed by atoms with Crippen LogP contribution in [0.15, 0.2) is 36.5 Å². The third-order valence-corrected chi connectivity index (χ3v) is 9.27. The lowest BCUT2D eigenvalue weighted by molar-refractivity contribution is -0.137. The van der Waals surface area contributed by atoms with E-state index in [0.717, 1.165) is 38.5 Å². The maximum Gasteiger partial charge on any atom is 0.223 e. The Morgan fingerprint density at radius 3 is 1.34 bits per heavy atom. The first-order valence-electron chi connectivity index (χ1n) is 20.3. The molecule has 0 rings (SSSR count). The molecule has 5 heteroatoms. The Labute approximate surface area is 292 Å². The summed E-state index contributed by atoms with van der Waals surface area (Å²) in [5.41, 5.74) is 0. The van der Waals surface area contributed by atoms with Crippen LogP contribution in [0.5, 0.6) is 0 Å². The summed E-state index contributed by atoms with van der Waals surface area (Å²) in [7, 11) is 0. The molecular weight excluding hydrogens is 582 g/mol. The minimum absolute atomic E-state index is 0.0973. The minimum Gasteiger partial charge on any atom is -0.395 e. The molecule has 2 atom stereocenters. The number of hydrogen-bond donors (Lipinski definition) is 3. The topological polar surface area (TPSA) is 81.0 Å². The van der Waals surface area contributed by atoms with Crippen molar-refractivity contribution in [2.45, 2.75) is 206 Å². The van der Waals surface area contributed by atoms with E-state index in [1.54, 1.807) is 6.08 Å². The van der Waals surface area contributed by atoms with Crippen molar-refractivity contribution in [2.75, 3.05) is 19.8 Å². The van der Waals surface area contributed by atoms with Crippen LogP contribution < -0.4 is 0 Å². The van der Waals surface area contributed by atoms with E-state index in [2.05, 4.69) is 38.2 Å². The maximum absolute atomic E-state index is 13.0. The summed E-state index contributed by atoms with van der Waals surface area (Å²) in [6, 6.07) is -0.727. The van der Waals surface area contributed by atoms with Crippen molar-refractivity contribution in [3.63, 3.8) is 0 Å². The number of rotatable bonds is 36. The van der Waals surface area contributed by atoms with Gasteiger partial charge in [-0.2, -0.15) is 0 Å². The zero-order valence-electron chi connectivity index (χ0n) is 31.2. The Morgan fingerprint density at radius 1 is 0.532 bits per heavy atom. The quantitative estimate of drug-likeness (QED) is 0.0461. The zero-order chi connectivity index (χ0) is 34.5. The Kier molecular flexibility index (Phi) is 36.3. The van der Waals surface area contributed by atoms with Gasteiger partial charge in [0.15, 0.2) is 0 Å². The van der Waals surface area contributed by atoms with Gasteiger partial charge in [-0.25, -0.2) is 0 Å². The normalized spacial score (nSPS) is 13.4. The van der Waals surface area contributed by atoms with Crippen LogP contribution >= 0.6 is 0 Å². The van der Waals surface area contributed by atoms with Gasteiger partial charge in [0.25, 0.3) is 0 Å². The van der Waals surface area contributed by atoms with Crippen molar-refractivity contribution in [1.29, 1.82) is 0 Å². The second kappa shape index (κ2) is 37.4. The smallest absolute Gasteiger partial charge is 0.223 e. The van der Waals surface area contributed by atoms with Crippen molar-refractivity contribution < 1.29 is 20.1 Å². The van der Waals surface area contributed by atoms with E-state index in [0.29, 0.717) is 6.42 Å². The first-order valence-corrected chi connectivity index (χ1v) is 20.3. The Hall–Kier alpha value is -1.43. The van der Waals surface area contributed by atoms with Gasteiger partial charge >= 0.3 is 0 Å². The molecule has 1 unspecified atom stereocenters. The third-order valence-electron chi connectivity index (χ3n) is 9.27. The third kappa shape index (κ3) is 30.4. The van der Waals surface area contributed by atoms with Crippen LogP contribution in [0, 0.1) is 0 Å². The van der Waals surface area contributed by atoms with Crippen molar-refractivity contribution in [3.8, 4) is 0 Å². The molecule has 47 heavy (non-hydrogen) atoms. The summed E-state index contributed by atoms with van der Waals surface area (Å²) in [4.78, 5) is 14.4. The molecule has 3 N–H and O–H groups in total. The Bertz CT molecular complexity index is 734. The summed E-state index contributed by atoms with van der Waals surface area (Å²) in [5, 5.41) is 30.3. The van der Waals surface area contributed by atoms with Crippen molar-refractivity contribution in [2.24, 2.45) is 0 Å². The highest BCUT2D eigenvalue weighted by atomic mass is 16.3. The molecule has 0 aliphatic carbocycles. The molecule has 0 heterocycles. The van der Waals surface area contributed by atoms with Crippen LogP contribution in [0.25, 0.3) is 0 Å². The van der Waals surface area contributed by atoms with Crippen LogP contribution in [0.1, 0.15) is 194 Å². The maximum atomic E-state index is 13.0. The SMILES string of the molecule is CCCCCCCC/C=C\CCCCCCCCCCCC(=O)N(CCO)C(CO)[C@H](O)/C=C/CC/C=C/CCCCCCCCC. The van der Waals surface area contributed by atoms with Gasteiger partial charge in [0.1, 0.15) is 0 Å². The number of unbranched alkanes of at least 4 members (excludes halogenated alkanes) is 23. The van der Waals surface area contributed by atoms with E-state index >= 15 is 0 Å². The molecule has 5 nitrogen and oxygen atoms in total. The first-order chi connectivity index (χ1) is 23.1. The van der Waals surface area contributed by atoms with Crippen LogP contribution in [0.2, 0.25) is 0 Å². The van der Waals surface area contributed by atoms with Crippen LogP contribution in [-0.4, -0.2) is 58.0 Å². The number of aliphatic hydroxyl groups is 3. The molecule has 276 valence electrons. The number of allylic oxidation sites excluding steroid dienone is 5. The van der Waals surface area contributed by atoms with Gasteiger partial charge in [-0.05, 0) is 57.8 Å². The number of carbonyl (C=O) groups is 1. The predicted molar refractivity (Wildman–Crippen MR) is 204 cm³/mol. The van der Waals surface area contributed by atoms with Crippen molar-refractivity contribution in [1.82, 2.24) is 4.90 Å². The monoisotopic (exact) mass is 662 g/mol. The number of aliphatic hydroxyl groups excluding tert-OH is 3. The average molecular weight is 662 g/mol. The summed E-state index contributed by atoms with van der Waals surface area (Å²) in [6.07, 6.45) is 45.8. The molecule has 0 aliphatic rings. The van der Waals surface area contributed by atoms with E-state index in [9.17, 15) is 20.1 Å². The highest BCUT2D eigenvalue weighted by molar-refractivity contribution is 5.76. The molecule has 0 aromatic rings. The summed E-state index contributed by atoms with van der Waals surface area (Å²) >= 11 is 0. The molecule has 0 saturated heterocycles. The van der Waals surface area contributed by atoms with E-state index in [4.69, 9.17) is 0 Å². The van der Waals surface area contributed by atoms with E-state index < -0.39 is 12.1 Å². The summed E-state index contributed by atoms with van der Waals surface area (Å²) < 4.78 is 0. The van der Waals surface area contributed by atoms with Gasteiger partial charge in [0, 0.05) is 13.0 Å². The molecule has 1 amide bonds. The summed E-state index contributed by atoms with van der Waals surface area (Å²) in [5.74, 6) is -0.0973. The number of nitrogens with zero attached hydrogens (tertiary/aromatic N) is 1. The Morgan fingerprint density at radius 2 is 0.915 bits per heavy atom. The van der Waals surface area contributed by atoms with Gasteiger partial charge in [-0.15, -0.1) is 0 Å².